The number of aromatic nitrogens is 3. The van der Waals surface area contributed by atoms with Crippen LogP contribution in [0.3, 0.4) is 0 Å². The maximum absolute atomic E-state index is 5.97. The molecule has 17 heavy (non-hydrogen) atoms. The van der Waals surface area contributed by atoms with Crippen LogP contribution >= 0.6 is 0 Å². The highest BCUT2D eigenvalue weighted by atomic mass is 15.4. The molecule has 0 radical (unpaired) electrons. The minimum absolute atomic E-state index is 0.0450. The van der Waals surface area contributed by atoms with Crippen LogP contribution in [0.2, 0.25) is 0 Å². The van der Waals surface area contributed by atoms with Gasteiger partial charge in [0.1, 0.15) is 5.82 Å². The molecular formula is C12H25N5. The van der Waals surface area contributed by atoms with Crippen molar-refractivity contribution in [1.29, 1.82) is 0 Å². The van der Waals surface area contributed by atoms with E-state index in [1.807, 2.05) is 0 Å². The van der Waals surface area contributed by atoms with Crippen molar-refractivity contribution in [3.63, 3.8) is 0 Å². The smallest absolute Gasteiger partial charge is 0.224 e. The molecule has 1 aromatic rings. The summed E-state index contributed by atoms with van der Waals surface area (Å²) < 4.78 is 2.14. The first-order valence-corrected chi connectivity index (χ1v) is 6.56. The molecule has 0 saturated carbocycles. The van der Waals surface area contributed by atoms with E-state index in [-0.39, 0.29) is 5.41 Å². The second kappa shape index (κ2) is 6.00. The Balaban J connectivity index is 3.19. The van der Waals surface area contributed by atoms with Crippen molar-refractivity contribution in [2.45, 2.75) is 52.5 Å². The van der Waals surface area contributed by atoms with Gasteiger partial charge in [0.15, 0.2) is 0 Å². The van der Waals surface area contributed by atoms with Crippen molar-refractivity contribution in [3.8, 4) is 0 Å². The van der Waals surface area contributed by atoms with Crippen molar-refractivity contribution < 1.29 is 0 Å². The molecule has 1 aromatic heterocycles. The van der Waals surface area contributed by atoms with E-state index in [0.29, 0.717) is 6.54 Å². The summed E-state index contributed by atoms with van der Waals surface area (Å²) in [7, 11) is 0. The minimum Gasteiger partial charge on any atom is -0.355 e. The van der Waals surface area contributed by atoms with Gasteiger partial charge in [-0.25, -0.2) is 0 Å². The van der Waals surface area contributed by atoms with Gasteiger partial charge in [-0.3, -0.25) is 4.57 Å². The molecule has 1 heterocycles. The molecule has 0 unspecified atom stereocenters. The highest BCUT2D eigenvalue weighted by Crippen LogP contribution is 2.30. The lowest BCUT2D eigenvalue weighted by Crippen LogP contribution is -2.37. The van der Waals surface area contributed by atoms with Gasteiger partial charge in [0, 0.05) is 25.0 Å². The zero-order valence-corrected chi connectivity index (χ0v) is 11.5. The molecule has 0 aliphatic rings. The van der Waals surface area contributed by atoms with Gasteiger partial charge in [0.2, 0.25) is 5.95 Å². The summed E-state index contributed by atoms with van der Waals surface area (Å²) in [6.45, 7) is 10.8. The topological polar surface area (TPSA) is 68.8 Å². The molecule has 5 heteroatoms. The molecule has 3 N–H and O–H groups in total. The Kier molecular flexibility index (Phi) is 4.93. The molecule has 5 nitrogen and oxygen atoms in total. The first-order valence-electron chi connectivity index (χ1n) is 6.56. The summed E-state index contributed by atoms with van der Waals surface area (Å²) in [6, 6.07) is 0. The fourth-order valence-electron chi connectivity index (χ4n) is 2.23. The number of nitrogens with two attached hydrogens (primary N) is 1. The molecular weight excluding hydrogens is 214 g/mol. The summed E-state index contributed by atoms with van der Waals surface area (Å²) in [5.41, 5.74) is 5.92. The zero-order valence-electron chi connectivity index (χ0n) is 11.5. The van der Waals surface area contributed by atoms with E-state index in [9.17, 15) is 0 Å². The lowest BCUT2D eigenvalue weighted by atomic mass is 9.81. The molecule has 0 fully saturated rings. The molecule has 0 amide bonds. The fraction of sp³-hybridized carbons (Fsp3) is 0.833. The average molecular weight is 239 g/mol. The van der Waals surface area contributed by atoms with Crippen LogP contribution in [0.4, 0.5) is 5.95 Å². The van der Waals surface area contributed by atoms with Crippen LogP contribution in [-0.4, -0.2) is 27.9 Å². The molecule has 1 rings (SSSR count). The first kappa shape index (κ1) is 14.0. The molecule has 0 aromatic carbocycles. The summed E-state index contributed by atoms with van der Waals surface area (Å²) in [4.78, 5) is 0. The highest BCUT2D eigenvalue weighted by molar-refractivity contribution is 5.28. The van der Waals surface area contributed by atoms with E-state index in [1.54, 1.807) is 0 Å². The van der Waals surface area contributed by atoms with Gasteiger partial charge in [-0.2, -0.15) is 0 Å². The Morgan fingerprint density at radius 2 is 1.82 bits per heavy atom. The third-order valence-corrected chi connectivity index (χ3v) is 3.62. The Morgan fingerprint density at radius 1 is 1.18 bits per heavy atom. The third-order valence-electron chi connectivity index (χ3n) is 3.62. The van der Waals surface area contributed by atoms with E-state index in [1.165, 1.54) is 0 Å². The van der Waals surface area contributed by atoms with Crippen molar-refractivity contribution in [2.75, 3.05) is 18.4 Å². The average Bonchev–Trinajstić information content (AvgIpc) is 2.76. The minimum atomic E-state index is -0.0450. The van der Waals surface area contributed by atoms with Gasteiger partial charge in [0.05, 0.1) is 0 Å². The van der Waals surface area contributed by atoms with E-state index in [4.69, 9.17) is 5.73 Å². The molecule has 0 spiro atoms. The lowest BCUT2D eigenvalue weighted by Gasteiger charge is -2.29. The largest absolute Gasteiger partial charge is 0.355 e. The second-order valence-electron chi connectivity index (χ2n) is 4.31. The Labute approximate surface area is 104 Å². The first-order chi connectivity index (χ1) is 8.18. The van der Waals surface area contributed by atoms with Crippen LogP contribution in [0.15, 0.2) is 0 Å². The molecule has 0 saturated heterocycles. The molecule has 0 bridgehead atoms. The van der Waals surface area contributed by atoms with Crippen molar-refractivity contribution in [2.24, 2.45) is 5.73 Å². The monoisotopic (exact) mass is 239 g/mol. The number of nitrogens with zero attached hydrogens (tertiary/aromatic N) is 3. The summed E-state index contributed by atoms with van der Waals surface area (Å²) >= 11 is 0. The number of anilines is 1. The standard InChI is InChI=1S/C12H25N5/c1-5-12(6-2,9-13)10-15-16-11(14-7-3)17(10)8-4/h5-9,13H2,1-4H3,(H,14,16). The third kappa shape index (κ3) is 2.44. The summed E-state index contributed by atoms with van der Waals surface area (Å²) in [6.07, 6.45) is 1.98. The quantitative estimate of drug-likeness (QED) is 0.760. The van der Waals surface area contributed by atoms with E-state index >= 15 is 0 Å². The second-order valence-corrected chi connectivity index (χ2v) is 4.31. The molecule has 0 aliphatic heterocycles. The van der Waals surface area contributed by atoms with E-state index in [2.05, 4.69) is 47.8 Å². The van der Waals surface area contributed by atoms with Crippen LogP contribution < -0.4 is 11.1 Å². The van der Waals surface area contributed by atoms with Crippen LogP contribution in [0.25, 0.3) is 0 Å². The van der Waals surface area contributed by atoms with Crippen molar-refractivity contribution >= 4 is 5.95 Å². The number of nitrogens with one attached hydrogen (secondary N) is 1. The van der Waals surface area contributed by atoms with Gasteiger partial charge >= 0.3 is 0 Å². The molecule has 98 valence electrons. The van der Waals surface area contributed by atoms with Gasteiger partial charge < -0.3 is 11.1 Å². The predicted octanol–water partition coefficient (Wildman–Crippen LogP) is 1.75. The molecule has 0 aliphatic carbocycles. The van der Waals surface area contributed by atoms with Crippen LogP contribution in [0.1, 0.15) is 46.4 Å². The maximum Gasteiger partial charge on any atom is 0.224 e. The Morgan fingerprint density at radius 3 is 2.24 bits per heavy atom. The summed E-state index contributed by atoms with van der Waals surface area (Å²) in [5, 5.41) is 11.8. The lowest BCUT2D eigenvalue weighted by molar-refractivity contribution is 0.366. The number of hydrogen-bond donors (Lipinski definition) is 2. The van der Waals surface area contributed by atoms with E-state index < -0.39 is 0 Å². The SMILES string of the molecule is CCNc1nnc(C(CC)(CC)CN)n1CC. The highest BCUT2D eigenvalue weighted by Gasteiger charge is 2.33. The van der Waals surface area contributed by atoms with Gasteiger partial charge in [-0.15, -0.1) is 10.2 Å². The van der Waals surface area contributed by atoms with E-state index in [0.717, 1.165) is 37.7 Å². The maximum atomic E-state index is 5.97. The number of hydrogen-bond acceptors (Lipinski definition) is 4. The van der Waals surface area contributed by atoms with Crippen molar-refractivity contribution in [3.05, 3.63) is 5.82 Å². The predicted molar refractivity (Wildman–Crippen MR) is 71.2 cm³/mol. The van der Waals surface area contributed by atoms with Crippen LogP contribution in [-0.2, 0) is 12.0 Å². The van der Waals surface area contributed by atoms with Gasteiger partial charge in [0.25, 0.3) is 0 Å². The van der Waals surface area contributed by atoms with Gasteiger partial charge in [-0.05, 0) is 26.7 Å². The Bertz CT molecular complexity index is 332. The fourth-order valence-corrected chi connectivity index (χ4v) is 2.23. The van der Waals surface area contributed by atoms with Crippen molar-refractivity contribution in [1.82, 2.24) is 14.8 Å². The Hall–Kier alpha value is -1.10. The van der Waals surface area contributed by atoms with Crippen LogP contribution in [0, 0.1) is 0 Å². The number of rotatable bonds is 7. The summed E-state index contributed by atoms with van der Waals surface area (Å²) in [5.74, 6) is 1.87. The van der Waals surface area contributed by atoms with Crippen LogP contribution in [0.5, 0.6) is 0 Å². The zero-order chi connectivity index (χ0) is 12.9. The van der Waals surface area contributed by atoms with Gasteiger partial charge in [-0.1, -0.05) is 13.8 Å². The normalized spacial score (nSPS) is 11.8. The molecule has 0 atom stereocenters.